The highest BCUT2D eigenvalue weighted by atomic mass is 16.4. The lowest BCUT2D eigenvalue weighted by Gasteiger charge is -2.12. The number of carbonyl (C=O) groups excluding carboxylic acids is 1. The molecule has 0 bridgehead atoms. The number of unbranched alkanes of at least 4 members (excludes halogenated alkanes) is 3. The van der Waals surface area contributed by atoms with E-state index >= 15 is 0 Å². The van der Waals surface area contributed by atoms with E-state index in [0.29, 0.717) is 0 Å². The lowest BCUT2D eigenvalue weighted by atomic mass is 10.0. The third-order valence-corrected chi connectivity index (χ3v) is 4.23. The Morgan fingerprint density at radius 1 is 1.00 bits per heavy atom. The molecular weight excluding hydrogens is 230 g/mol. The van der Waals surface area contributed by atoms with Gasteiger partial charge in [-0.25, -0.2) is 0 Å². The van der Waals surface area contributed by atoms with Gasteiger partial charge in [0.25, 0.3) is 0 Å². The van der Waals surface area contributed by atoms with Gasteiger partial charge in [0, 0.05) is 18.9 Å². The largest absolute Gasteiger partial charge is 0.481 e. The Hall–Kier alpha value is -1.06. The van der Waals surface area contributed by atoms with E-state index in [1.54, 1.807) is 0 Å². The minimum atomic E-state index is -0.719. The molecule has 102 valence electrons. The summed E-state index contributed by atoms with van der Waals surface area (Å²) < 4.78 is 0. The molecule has 2 atom stereocenters. The van der Waals surface area contributed by atoms with E-state index in [2.05, 4.69) is 5.32 Å². The Kier molecular flexibility index (Phi) is 4.61. The predicted molar refractivity (Wildman–Crippen MR) is 68.1 cm³/mol. The van der Waals surface area contributed by atoms with Gasteiger partial charge in [-0.2, -0.15) is 0 Å². The Morgan fingerprint density at radius 3 is 2.33 bits per heavy atom. The number of carboxylic acids is 1. The average Bonchev–Trinajstić information content (AvgIpc) is 2.94. The second-order valence-electron chi connectivity index (χ2n) is 5.77. The van der Waals surface area contributed by atoms with E-state index in [1.165, 1.54) is 6.42 Å². The van der Waals surface area contributed by atoms with Crippen LogP contribution in [0.25, 0.3) is 0 Å². The van der Waals surface area contributed by atoms with Crippen molar-refractivity contribution < 1.29 is 14.7 Å². The molecule has 0 aromatic rings. The minimum absolute atomic E-state index is 0.243. The second kappa shape index (κ2) is 6.21. The molecule has 2 fully saturated rings. The molecule has 1 amide bonds. The van der Waals surface area contributed by atoms with E-state index < -0.39 is 5.97 Å². The molecule has 4 heteroatoms. The van der Waals surface area contributed by atoms with Gasteiger partial charge in [0.05, 0.1) is 0 Å². The summed E-state index contributed by atoms with van der Waals surface area (Å²) in [7, 11) is 0. The molecule has 2 unspecified atom stereocenters. The summed E-state index contributed by atoms with van der Waals surface area (Å²) in [5.41, 5.74) is 0. The van der Waals surface area contributed by atoms with Crippen LogP contribution >= 0.6 is 0 Å². The standard InChI is InChI=1S/C14H23NO3/c16-13(17)5-3-1-2-4-6-15-14(18)12-8-10-7-11(10)9-12/h10-12H,1-9H2,(H,15,18)(H,16,17). The number of carbonyl (C=O) groups is 2. The average molecular weight is 253 g/mol. The number of fused-ring (bicyclic) bond motifs is 1. The van der Waals surface area contributed by atoms with Crippen molar-refractivity contribution in [3.05, 3.63) is 0 Å². The first-order chi connectivity index (χ1) is 8.66. The molecule has 2 rings (SSSR count). The van der Waals surface area contributed by atoms with Gasteiger partial charge in [-0.3, -0.25) is 9.59 Å². The quantitative estimate of drug-likeness (QED) is 0.652. The van der Waals surface area contributed by atoms with Crippen molar-refractivity contribution in [1.29, 1.82) is 0 Å². The molecule has 2 N–H and O–H groups in total. The van der Waals surface area contributed by atoms with Crippen molar-refractivity contribution in [2.75, 3.05) is 6.54 Å². The zero-order chi connectivity index (χ0) is 13.0. The van der Waals surface area contributed by atoms with Crippen LogP contribution in [0.3, 0.4) is 0 Å². The summed E-state index contributed by atoms with van der Waals surface area (Å²) >= 11 is 0. The molecule has 4 nitrogen and oxygen atoms in total. The maximum absolute atomic E-state index is 11.8. The number of hydrogen-bond donors (Lipinski definition) is 2. The third-order valence-electron chi connectivity index (χ3n) is 4.23. The van der Waals surface area contributed by atoms with Gasteiger partial charge < -0.3 is 10.4 Å². The highest BCUT2D eigenvalue weighted by Gasteiger charge is 2.47. The fourth-order valence-corrected chi connectivity index (χ4v) is 3.04. The highest BCUT2D eigenvalue weighted by molar-refractivity contribution is 5.79. The summed E-state index contributed by atoms with van der Waals surface area (Å²) in [5, 5.41) is 11.5. The first kappa shape index (κ1) is 13.4. The lowest BCUT2D eigenvalue weighted by molar-refractivity contribution is -0.137. The molecule has 0 spiro atoms. The van der Waals surface area contributed by atoms with Crippen LogP contribution in [-0.4, -0.2) is 23.5 Å². The number of rotatable bonds is 8. The van der Waals surface area contributed by atoms with Crippen LogP contribution in [-0.2, 0) is 9.59 Å². The van der Waals surface area contributed by atoms with Crippen LogP contribution in [0.1, 0.15) is 51.4 Å². The van der Waals surface area contributed by atoms with E-state index in [4.69, 9.17) is 5.11 Å². The van der Waals surface area contributed by atoms with Gasteiger partial charge >= 0.3 is 5.97 Å². The van der Waals surface area contributed by atoms with Crippen molar-refractivity contribution in [2.45, 2.75) is 51.4 Å². The number of amides is 1. The van der Waals surface area contributed by atoms with Crippen LogP contribution in [0.15, 0.2) is 0 Å². The van der Waals surface area contributed by atoms with Crippen molar-refractivity contribution in [3.8, 4) is 0 Å². The Morgan fingerprint density at radius 2 is 1.67 bits per heavy atom. The molecule has 18 heavy (non-hydrogen) atoms. The highest BCUT2D eigenvalue weighted by Crippen LogP contribution is 2.54. The first-order valence-corrected chi connectivity index (χ1v) is 7.16. The number of hydrogen-bond acceptors (Lipinski definition) is 2. The summed E-state index contributed by atoms with van der Waals surface area (Å²) in [6.07, 6.45) is 7.48. The Bertz CT molecular complexity index is 306. The van der Waals surface area contributed by atoms with Crippen LogP contribution in [0.5, 0.6) is 0 Å². The van der Waals surface area contributed by atoms with E-state index in [1.807, 2.05) is 0 Å². The molecule has 0 radical (unpaired) electrons. The van der Waals surface area contributed by atoms with Gasteiger partial charge in [0.15, 0.2) is 0 Å². The van der Waals surface area contributed by atoms with Gasteiger partial charge in [0.2, 0.25) is 5.91 Å². The topological polar surface area (TPSA) is 66.4 Å². The van der Waals surface area contributed by atoms with Crippen LogP contribution in [0.2, 0.25) is 0 Å². The van der Waals surface area contributed by atoms with Crippen molar-refractivity contribution >= 4 is 11.9 Å². The van der Waals surface area contributed by atoms with Gasteiger partial charge in [-0.05, 0) is 43.9 Å². The van der Waals surface area contributed by atoms with Crippen LogP contribution in [0, 0.1) is 17.8 Å². The predicted octanol–water partition coefficient (Wildman–Crippen LogP) is 2.18. The number of nitrogens with one attached hydrogen (secondary N) is 1. The maximum Gasteiger partial charge on any atom is 0.303 e. The molecule has 2 saturated carbocycles. The lowest BCUT2D eigenvalue weighted by Crippen LogP contribution is -2.30. The van der Waals surface area contributed by atoms with Gasteiger partial charge in [-0.1, -0.05) is 12.8 Å². The molecule has 0 saturated heterocycles. The van der Waals surface area contributed by atoms with Crippen molar-refractivity contribution in [1.82, 2.24) is 5.32 Å². The molecule has 0 heterocycles. The number of carboxylic acid groups (broad SMARTS) is 1. The monoisotopic (exact) mass is 253 g/mol. The van der Waals surface area contributed by atoms with Crippen molar-refractivity contribution in [2.24, 2.45) is 17.8 Å². The van der Waals surface area contributed by atoms with Crippen LogP contribution < -0.4 is 5.32 Å². The Balaban J connectivity index is 1.43. The molecule has 0 aromatic heterocycles. The molecule has 0 aliphatic heterocycles. The summed E-state index contributed by atoms with van der Waals surface area (Å²) in [4.78, 5) is 22.1. The normalized spacial score (nSPS) is 28.8. The molecule has 2 aliphatic carbocycles. The van der Waals surface area contributed by atoms with E-state index in [9.17, 15) is 9.59 Å². The zero-order valence-corrected chi connectivity index (χ0v) is 10.9. The second-order valence-corrected chi connectivity index (χ2v) is 5.77. The minimum Gasteiger partial charge on any atom is -0.481 e. The molecular formula is C14H23NO3. The van der Waals surface area contributed by atoms with Gasteiger partial charge in [-0.15, -0.1) is 0 Å². The van der Waals surface area contributed by atoms with E-state index in [-0.39, 0.29) is 18.2 Å². The van der Waals surface area contributed by atoms with Crippen molar-refractivity contribution in [3.63, 3.8) is 0 Å². The fourth-order valence-electron chi connectivity index (χ4n) is 3.04. The SMILES string of the molecule is O=C(O)CCCCCCNC(=O)C1CC2CC2C1. The van der Waals surface area contributed by atoms with E-state index in [0.717, 1.165) is 56.9 Å². The smallest absolute Gasteiger partial charge is 0.303 e. The zero-order valence-electron chi connectivity index (χ0n) is 10.9. The maximum atomic E-state index is 11.8. The molecule has 0 aromatic carbocycles. The third kappa shape index (κ3) is 4.00. The summed E-state index contributed by atoms with van der Waals surface area (Å²) in [6.45, 7) is 0.748. The molecule has 2 aliphatic rings. The Labute approximate surface area is 108 Å². The first-order valence-electron chi connectivity index (χ1n) is 7.16. The fraction of sp³-hybridized carbons (Fsp3) is 0.857. The summed E-state index contributed by atoms with van der Waals surface area (Å²) in [5.74, 6) is 1.52. The van der Waals surface area contributed by atoms with Crippen LogP contribution in [0.4, 0.5) is 0 Å². The van der Waals surface area contributed by atoms with Gasteiger partial charge in [0.1, 0.15) is 0 Å². The number of aliphatic carboxylic acids is 1. The summed E-state index contributed by atoms with van der Waals surface area (Å²) in [6, 6.07) is 0.